The quantitative estimate of drug-likeness (QED) is 0.570. The minimum Gasteiger partial charge on any atom is -0.300 e. The Morgan fingerprint density at radius 2 is 1.91 bits per heavy atom. The number of carbonyl (C=O) groups excluding carboxylic acids is 1. The van der Waals surface area contributed by atoms with Crippen LogP contribution >= 0.6 is 0 Å². The van der Waals surface area contributed by atoms with Crippen LogP contribution in [0.5, 0.6) is 0 Å². The topological polar surface area (TPSA) is 20.3 Å². The van der Waals surface area contributed by atoms with Gasteiger partial charge in [-0.15, -0.1) is 0 Å². The van der Waals surface area contributed by atoms with Crippen LogP contribution in [0.3, 0.4) is 0 Å². The third-order valence-electron chi connectivity index (χ3n) is 1.56. The monoisotopic (exact) mass is 165 g/mol. The fourth-order valence-corrected chi connectivity index (χ4v) is 0.780. The molecule has 0 radical (unpaired) electrons. The van der Waals surface area contributed by atoms with Crippen LogP contribution in [0, 0.1) is 0 Å². The number of nitrogens with zero attached hydrogens (tertiary/aromatic N) is 1. The summed E-state index contributed by atoms with van der Waals surface area (Å²) < 4.78 is 24.1. The molecule has 4 heteroatoms. The number of alkyl halides is 1. The maximum Gasteiger partial charge on any atom is 0.336 e. The van der Waals surface area contributed by atoms with E-state index in [4.69, 9.17) is 0 Å². The molecular formula is C7H13F2NO. The van der Waals surface area contributed by atoms with Crippen LogP contribution in [0.1, 0.15) is 13.8 Å². The van der Waals surface area contributed by atoms with E-state index in [9.17, 15) is 13.6 Å². The van der Waals surface area contributed by atoms with Crippen molar-refractivity contribution in [2.45, 2.75) is 20.0 Å². The first-order chi connectivity index (χ1) is 5.11. The number of carbonyl (C=O) groups is 1. The predicted octanol–water partition coefficient (Wildman–Crippen LogP) is 1.16. The lowest BCUT2D eigenvalue weighted by Crippen LogP contribution is -2.32. The number of hydrogen-bond acceptors (Lipinski definition) is 2. The molecule has 0 amide bonds. The smallest absolute Gasteiger partial charge is 0.300 e. The third-order valence-corrected chi connectivity index (χ3v) is 1.56. The SMILES string of the molecule is CCN(CC)CC(F)C(=O)F. The lowest BCUT2D eigenvalue weighted by Gasteiger charge is -2.17. The van der Waals surface area contributed by atoms with Crippen molar-refractivity contribution in [3.05, 3.63) is 0 Å². The van der Waals surface area contributed by atoms with Crippen molar-refractivity contribution in [2.75, 3.05) is 19.6 Å². The van der Waals surface area contributed by atoms with E-state index in [0.29, 0.717) is 13.1 Å². The summed E-state index contributed by atoms with van der Waals surface area (Å²) in [5.41, 5.74) is 0. The number of halogens is 2. The molecule has 1 unspecified atom stereocenters. The summed E-state index contributed by atoms with van der Waals surface area (Å²) in [5, 5.41) is 0. The third kappa shape index (κ3) is 4.03. The predicted molar refractivity (Wildman–Crippen MR) is 38.8 cm³/mol. The van der Waals surface area contributed by atoms with E-state index in [2.05, 4.69) is 0 Å². The molecule has 0 aliphatic rings. The molecule has 66 valence electrons. The lowest BCUT2D eigenvalue weighted by atomic mass is 10.3. The van der Waals surface area contributed by atoms with E-state index in [-0.39, 0.29) is 6.54 Å². The molecule has 0 spiro atoms. The zero-order valence-electron chi connectivity index (χ0n) is 6.81. The molecule has 0 aliphatic heterocycles. The van der Waals surface area contributed by atoms with E-state index in [0.717, 1.165) is 0 Å². The zero-order valence-corrected chi connectivity index (χ0v) is 6.81. The van der Waals surface area contributed by atoms with E-state index in [1.165, 1.54) is 0 Å². The Morgan fingerprint density at radius 3 is 2.18 bits per heavy atom. The summed E-state index contributed by atoms with van der Waals surface area (Å²) in [6.07, 6.45) is -1.98. The van der Waals surface area contributed by atoms with Crippen LogP contribution in [-0.2, 0) is 4.79 Å². The molecule has 0 saturated carbocycles. The van der Waals surface area contributed by atoms with Gasteiger partial charge < -0.3 is 4.90 Å². The molecule has 0 saturated heterocycles. The highest BCUT2D eigenvalue weighted by molar-refractivity contribution is 5.73. The first-order valence-electron chi connectivity index (χ1n) is 3.67. The van der Waals surface area contributed by atoms with Crippen molar-refractivity contribution in [3.63, 3.8) is 0 Å². The van der Waals surface area contributed by atoms with Gasteiger partial charge in [0.1, 0.15) is 0 Å². The largest absolute Gasteiger partial charge is 0.336 e. The Labute approximate surface area is 65.2 Å². The average molecular weight is 165 g/mol. The maximum absolute atomic E-state index is 12.4. The van der Waals surface area contributed by atoms with Crippen LogP contribution in [0.4, 0.5) is 8.78 Å². The van der Waals surface area contributed by atoms with Gasteiger partial charge in [0.25, 0.3) is 0 Å². The number of hydrogen-bond donors (Lipinski definition) is 0. The fourth-order valence-electron chi connectivity index (χ4n) is 0.780. The zero-order chi connectivity index (χ0) is 8.85. The summed E-state index contributed by atoms with van der Waals surface area (Å²) in [7, 11) is 0. The Balaban J connectivity index is 3.71. The second kappa shape index (κ2) is 5.18. The second-order valence-corrected chi connectivity index (χ2v) is 2.26. The summed E-state index contributed by atoms with van der Waals surface area (Å²) in [4.78, 5) is 11.5. The van der Waals surface area contributed by atoms with Gasteiger partial charge in [-0.3, -0.25) is 4.79 Å². The summed E-state index contributed by atoms with van der Waals surface area (Å²) >= 11 is 0. The Kier molecular flexibility index (Phi) is 4.94. The molecule has 0 aromatic heterocycles. The summed E-state index contributed by atoms with van der Waals surface area (Å²) in [6, 6.07) is -1.88. The maximum atomic E-state index is 12.4. The van der Waals surface area contributed by atoms with Crippen molar-refractivity contribution >= 4 is 6.04 Å². The highest BCUT2D eigenvalue weighted by atomic mass is 19.2. The van der Waals surface area contributed by atoms with Crippen LogP contribution in [-0.4, -0.2) is 36.7 Å². The highest BCUT2D eigenvalue weighted by Gasteiger charge is 2.18. The van der Waals surface area contributed by atoms with Crippen LogP contribution in [0.15, 0.2) is 0 Å². The van der Waals surface area contributed by atoms with Gasteiger partial charge in [-0.05, 0) is 13.1 Å². The van der Waals surface area contributed by atoms with E-state index >= 15 is 0 Å². The molecule has 0 heterocycles. The Bertz CT molecular complexity index is 126. The molecule has 0 fully saturated rings. The molecule has 0 aromatic rings. The van der Waals surface area contributed by atoms with Crippen molar-refractivity contribution < 1.29 is 13.6 Å². The van der Waals surface area contributed by atoms with Gasteiger partial charge in [-0.25, -0.2) is 4.39 Å². The minimum absolute atomic E-state index is 0.137. The van der Waals surface area contributed by atoms with E-state index in [1.54, 1.807) is 4.90 Å². The molecule has 0 aromatic carbocycles. The number of rotatable bonds is 5. The molecule has 0 bridgehead atoms. The first kappa shape index (κ1) is 10.5. The van der Waals surface area contributed by atoms with Crippen LogP contribution < -0.4 is 0 Å². The first-order valence-corrected chi connectivity index (χ1v) is 3.67. The van der Waals surface area contributed by atoms with Gasteiger partial charge in [0.15, 0.2) is 0 Å². The fraction of sp³-hybridized carbons (Fsp3) is 0.857. The van der Waals surface area contributed by atoms with E-state index in [1.807, 2.05) is 13.8 Å². The van der Waals surface area contributed by atoms with Gasteiger partial charge in [0, 0.05) is 6.54 Å². The molecule has 11 heavy (non-hydrogen) atoms. The summed E-state index contributed by atoms with van der Waals surface area (Å²) in [5.74, 6) is 0. The second-order valence-electron chi connectivity index (χ2n) is 2.26. The normalized spacial score (nSPS) is 13.5. The van der Waals surface area contributed by atoms with Crippen molar-refractivity contribution in [3.8, 4) is 0 Å². The van der Waals surface area contributed by atoms with Gasteiger partial charge in [-0.1, -0.05) is 13.8 Å². The Morgan fingerprint density at radius 1 is 1.45 bits per heavy atom. The van der Waals surface area contributed by atoms with Crippen LogP contribution in [0.25, 0.3) is 0 Å². The molecule has 2 nitrogen and oxygen atoms in total. The van der Waals surface area contributed by atoms with Gasteiger partial charge in [-0.2, -0.15) is 4.39 Å². The van der Waals surface area contributed by atoms with E-state index < -0.39 is 12.2 Å². The van der Waals surface area contributed by atoms with Crippen LogP contribution in [0.2, 0.25) is 0 Å². The molecule has 1 atom stereocenters. The molecular weight excluding hydrogens is 152 g/mol. The molecule has 0 rings (SSSR count). The molecule has 0 aliphatic carbocycles. The Hall–Kier alpha value is -0.510. The lowest BCUT2D eigenvalue weighted by molar-refractivity contribution is -0.135. The highest BCUT2D eigenvalue weighted by Crippen LogP contribution is 1.98. The average Bonchev–Trinajstić information content (AvgIpc) is 1.99. The standard InChI is InChI=1S/C7H13F2NO/c1-3-10(4-2)5-6(8)7(9)11/h6H,3-5H2,1-2H3. The minimum atomic E-state index is -1.98. The van der Waals surface area contributed by atoms with Crippen molar-refractivity contribution in [1.29, 1.82) is 0 Å². The molecule has 0 N–H and O–H groups in total. The van der Waals surface area contributed by atoms with Gasteiger partial charge in [0.2, 0.25) is 6.17 Å². The van der Waals surface area contributed by atoms with Gasteiger partial charge in [0.05, 0.1) is 0 Å². The van der Waals surface area contributed by atoms with Crippen molar-refractivity contribution in [2.24, 2.45) is 0 Å². The van der Waals surface area contributed by atoms with Crippen molar-refractivity contribution in [1.82, 2.24) is 4.90 Å². The van der Waals surface area contributed by atoms with Gasteiger partial charge >= 0.3 is 6.04 Å². The summed E-state index contributed by atoms with van der Waals surface area (Å²) in [6.45, 7) is 4.79.